The molecule has 0 aromatic carbocycles. The van der Waals surface area contributed by atoms with E-state index in [1.807, 2.05) is 13.8 Å². The van der Waals surface area contributed by atoms with Gasteiger partial charge in [0.15, 0.2) is 0 Å². The van der Waals surface area contributed by atoms with Crippen LogP contribution >= 0.6 is 0 Å². The molecule has 0 spiro atoms. The number of H-pyrrole nitrogens is 1. The number of rotatable bonds is 4. The van der Waals surface area contributed by atoms with E-state index in [2.05, 4.69) is 20.8 Å². The summed E-state index contributed by atoms with van der Waals surface area (Å²) in [5.74, 6) is 0.496. The summed E-state index contributed by atoms with van der Waals surface area (Å²) in [4.78, 5) is 12.1. The number of amides is 1. The molecule has 17 heavy (non-hydrogen) atoms. The SMILES string of the molecule is CCNC1COCC1C(=O)Nc1[nH]ncc1C. The van der Waals surface area contributed by atoms with E-state index in [0.29, 0.717) is 19.0 Å². The van der Waals surface area contributed by atoms with Crippen LogP contribution in [0.4, 0.5) is 5.82 Å². The Morgan fingerprint density at radius 3 is 3.12 bits per heavy atom. The van der Waals surface area contributed by atoms with Crippen LogP contribution in [0.2, 0.25) is 0 Å². The predicted molar refractivity (Wildman–Crippen MR) is 63.7 cm³/mol. The molecule has 1 aliphatic heterocycles. The van der Waals surface area contributed by atoms with Gasteiger partial charge in [-0.15, -0.1) is 0 Å². The van der Waals surface area contributed by atoms with Crippen molar-refractivity contribution in [3.8, 4) is 0 Å². The highest BCUT2D eigenvalue weighted by Gasteiger charge is 2.33. The summed E-state index contributed by atoms with van der Waals surface area (Å²) in [6.45, 7) is 5.81. The lowest BCUT2D eigenvalue weighted by Gasteiger charge is -2.17. The zero-order valence-electron chi connectivity index (χ0n) is 10.1. The molecule has 0 bridgehead atoms. The van der Waals surface area contributed by atoms with Gasteiger partial charge in [0.1, 0.15) is 5.82 Å². The number of hydrogen-bond donors (Lipinski definition) is 3. The monoisotopic (exact) mass is 238 g/mol. The average Bonchev–Trinajstić information content (AvgIpc) is 2.89. The molecule has 1 amide bonds. The first-order valence-electron chi connectivity index (χ1n) is 5.84. The third-order valence-corrected chi connectivity index (χ3v) is 2.96. The summed E-state index contributed by atoms with van der Waals surface area (Å²) in [5.41, 5.74) is 0.928. The number of nitrogens with zero attached hydrogens (tertiary/aromatic N) is 1. The van der Waals surface area contributed by atoms with E-state index in [0.717, 1.165) is 12.1 Å². The van der Waals surface area contributed by atoms with Gasteiger partial charge in [-0.2, -0.15) is 5.10 Å². The highest BCUT2D eigenvalue weighted by atomic mass is 16.5. The quantitative estimate of drug-likeness (QED) is 0.704. The Labute approximate surface area is 100 Å². The second-order valence-electron chi connectivity index (χ2n) is 4.23. The van der Waals surface area contributed by atoms with Crippen molar-refractivity contribution < 1.29 is 9.53 Å². The van der Waals surface area contributed by atoms with Gasteiger partial charge in [0.2, 0.25) is 5.91 Å². The molecule has 6 heteroatoms. The van der Waals surface area contributed by atoms with Gasteiger partial charge >= 0.3 is 0 Å². The first-order valence-corrected chi connectivity index (χ1v) is 5.84. The number of nitrogens with one attached hydrogen (secondary N) is 3. The smallest absolute Gasteiger partial charge is 0.232 e. The maximum atomic E-state index is 12.1. The third-order valence-electron chi connectivity index (χ3n) is 2.96. The van der Waals surface area contributed by atoms with Crippen LogP contribution in [0.25, 0.3) is 0 Å². The minimum atomic E-state index is -0.141. The fourth-order valence-corrected chi connectivity index (χ4v) is 1.96. The molecule has 2 atom stereocenters. The standard InChI is InChI=1S/C11H18N4O2/c1-3-12-9-6-17-5-8(9)11(16)14-10-7(2)4-13-15-10/h4,8-9,12H,3,5-6H2,1-2H3,(H2,13,14,15,16). The average molecular weight is 238 g/mol. The molecule has 1 aromatic rings. The molecule has 0 aliphatic carbocycles. The second-order valence-corrected chi connectivity index (χ2v) is 4.23. The lowest BCUT2D eigenvalue weighted by atomic mass is 10.0. The molecular formula is C11H18N4O2. The number of carbonyl (C=O) groups is 1. The summed E-state index contributed by atoms with van der Waals surface area (Å²) in [5, 5.41) is 12.7. The molecule has 94 valence electrons. The van der Waals surface area contributed by atoms with Crippen LogP contribution < -0.4 is 10.6 Å². The number of aryl methyl sites for hydroxylation is 1. The zero-order chi connectivity index (χ0) is 12.3. The number of aromatic nitrogens is 2. The summed E-state index contributed by atoms with van der Waals surface area (Å²) in [7, 11) is 0. The van der Waals surface area contributed by atoms with Gasteiger partial charge in [-0.05, 0) is 13.5 Å². The van der Waals surface area contributed by atoms with Crippen molar-refractivity contribution in [2.24, 2.45) is 5.92 Å². The Balaban J connectivity index is 1.98. The molecule has 2 heterocycles. The molecule has 2 rings (SSSR count). The molecule has 3 N–H and O–H groups in total. The Morgan fingerprint density at radius 2 is 2.47 bits per heavy atom. The van der Waals surface area contributed by atoms with Gasteiger partial charge in [-0.3, -0.25) is 9.89 Å². The Morgan fingerprint density at radius 1 is 1.65 bits per heavy atom. The molecule has 0 radical (unpaired) electrons. The summed E-state index contributed by atoms with van der Waals surface area (Å²) in [6, 6.07) is 0.100. The Hall–Kier alpha value is -1.40. The van der Waals surface area contributed by atoms with Crippen LogP contribution in [-0.2, 0) is 9.53 Å². The van der Waals surface area contributed by atoms with Crippen LogP contribution in [0.15, 0.2) is 6.20 Å². The molecule has 6 nitrogen and oxygen atoms in total. The number of likely N-dealkylation sites (N-methyl/N-ethyl adjacent to an activating group) is 1. The summed E-state index contributed by atoms with van der Waals surface area (Å²) >= 11 is 0. The maximum absolute atomic E-state index is 12.1. The number of hydrogen-bond acceptors (Lipinski definition) is 4. The number of anilines is 1. The van der Waals surface area contributed by atoms with E-state index < -0.39 is 0 Å². The molecule has 1 saturated heterocycles. The van der Waals surface area contributed by atoms with E-state index in [1.54, 1.807) is 6.20 Å². The van der Waals surface area contributed by atoms with Crippen LogP contribution in [0.1, 0.15) is 12.5 Å². The topological polar surface area (TPSA) is 79.0 Å². The van der Waals surface area contributed by atoms with Crippen LogP contribution in [0, 0.1) is 12.8 Å². The lowest BCUT2D eigenvalue weighted by Crippen LogP contribution is -2.41. The van der Waals surface area contributed by atoms with E-state index in [9.17, 15) is 4.79 Å². The van der Waals surface area contributed by atoms with Crippen molar-refractivity contribution in [1.82, 2.24) is 15.5 Å². The van der Waals surface area contributed by atoms with Crippen molar-refractivity contribution in [3.63, 3.8) is 0 Å². The van der Waals surface area contributed by atoms with Gasteiger partial charge in [-0.1, -0.05) is 6.92 Å². The molecule has 1 fully saturated rings. The first-order chi connectivity index (χ1) is 8.22. The van der Waals surface area contributed by atoms with Gasteiger partial charge in [-0.25, -0.2) is 0 Å². The van der Waals surface area contributed by atoms with Crippen LogP contribution in [0.5, 0.6) is 0 Å². The Bertz CT molecular complexity index is 391. The van der Waals surface area contributed by atoms with E-state index >= 15 is 0 Å². The second kappa shape index (κ2) is 5.29. The molecular weight excluding hydrogens is 220 g/mol. The first kappa shape index (κ1) is 12.1. The van der Waals surface area contributed by atoms with Gasteiger partial charge in [0, 0.05) is 11.6 Å². The van der Waals surface area contributed by atoms with Crippen molar-refractivity contribution in [2.45, 2.75) is 19.9 Å². The van der Waals surface area contributed by atoms with E-state index in [1.165, 1.54) is 0 Å². The summed E-state index contributed by atoms with van der Waals surface area (Å²) < 4.78 is 5.34. The highest BCUT2D eigenvalue weighted by Crippen LogP contribution is 2.17. The number of aromatic amines is 1. The fourth-order valence-electron chi connectivity index (χ4n) is 1.96. The minimum Gasteiger partial charge on any atom is -0.379 e. The maximum Gasteiger partial charge on any atom is 0.232 e. The Kier molecular flexibility index (Phi) is 3.75. The highest BCUT2D eigenvalue weighted by molar-refractivity contribution is 5.93. The minimum absolute atomic E-state index is 0.0270. The van der Waals surface area contributed by atoms with E-state index in [-0.39, 0.29) is 17.9 Å². The van der Waals surface area contributed by atoms with Gasteiger partial charge in [0.05, 0.1) is 25.3 Å². The van der Waals surface area contributed by atoms with Gasteiger partial charge < -0.3 is 15.4 Å². The zero-order valence-corrected chi connectivity index (χ0v) is 10.1. The fraction of sp³-hybridized carbons (Fsp3) is 0.636. The molecule has 1 aromatic heterocycles. The van der Waals surface area contributed by atoms with Crippen molar-refractivity contribution in [2.75, 3.05) is 25.1 Å². The van der Waals surface area contributed by atoms with Crippen molar-refractivity contribution in [3.05, 3.63) is 11.8 Å². The number of ether oxygens (including phenoxy) is 1. The van der Waals surface area contributed by atoms with Crippen LogP contribution in [0.3, 0.4) is 0 Å². The normalized spacial score (nSPS) is 23.9. The van der Waals surface area contributed by atoms with E-state index in [4.69, 9.17) is 4.74 Å². The predicted octanol–water partition coefficient (Wildman–Crippen LogP) is 0.281. The van der Waals surface area contributed by atoms with Crippen LogP contribution in [-0.4, -0.2) is 41.9 Å². The summed E-state index contributed by atoms with van der Waals surface area (Å²) in [6.07, 6.45) is 1.68. The molecule has 0 saturated carbocycles. The lowest BCUT2D eigenvalue weighted by molar-refractivity contribution is -0.120. The largest absolute Gasteiger partial charge is 0.379 e. The van der Waals surface area contributed by atoms with Gasteiger partial charge in [0.25, 0.3) is 0 Å². The third kappa shape index (κ3) is 2.65. The molecule has 2 unspecified atom stereocenters. The number of carbonyl (C=O) groups excluding carboxylic acids is 1. The van der Waals surface area contributed by atoms with Crippen molar-refractivity contribution in [1.29, 1.82) is 0 Å². The van der Waals surface area contributed by atoms with Crippen molar-refractivity contribution >= 4 is 11.7 Å². The molecule has 1 aliphatic rings.